The van der Waals surface area contributed by atoms with E-state index in [1.54, 1.807) is 11.9 Å². The second kappa shape index (κ2) is 6.83. The van der Waals surface area contributed by atoms with Crippen LogP contribution >= 0.6 is 11.6 Å². The Morgan fingerprint density at radius 3 is 2.67 bits per heavy atom. The van der Waals surface area contributed by atoms with E-state index in [1.807, 2.05) is 61.5 Å². The van der Waals surface area contributed by atoms with Crippen molar-refractivity contribution in [2.24, 2.45) is 0 Å². The Bertz CT molecular complexity index is 722. The Morgan fingerprint density at radius 2 is 1.96 bits per heavy atom. The lowest BCUT2D eigenvalue weighted by molar-refractivity contribution is -0.169. The van der Waals surface area contributed by atoms with Crippen molar-refractivity contribution in [1.29, 1.82) is 0 Å². The van der Waals surface area contributed by atoms with Crippen LogP contribution in [0.2, 0.25) is 5.02 Å². The van der Waals surface area contributed by atoms with Crippen LogP contribution in [0.1, 0.15) is 18.5 Å². The van der Waals surface area contributed by atoms with E-state index in [0.29, 0.717) is 18.2 Å². The molecule has 4 nitrogen and oxygen atoms in total. The number of rotatable bonds is 4. The Balaban J connectivity index is 2.02. The fourth-order valence-corrected chi connectivity index (χ4v) is 3.27. The minimum absolute atomic E-state index is 0.0397. The number of halogens is 1. The smallest absolute Gasteiger partial charge is 0.256 e. The quantitative estimate of drug-likeness (QED) is 0.918. The van der Waals surface area contributed by atoms with Gasteiger partial charge in [-0.05, 0) is 36.8 Å². The summed E-state index contributed by atoms with van der Waals surface area (Å²) >= 11 is 6.18. The number of benzene rings is 2. The van der Waals surface area contributed by atoms with Gasteiger partial charge in [0, 0.05) is 24.3 Å². The van der Waals surface area contributed by atoms with Crippen molar-refractivity contribution in [2.45, 2.75) is 18.6 Å². The van der Waals surface area contributed by atoms with E-state index in [1.165, 1.54) is 0 Å². The first-order valence-corrected chi connectivity index (χ1v) is 8.35. The van der Waals surface area contributed by atoms with Crippen LogP contribution in [-0.4, -0.2) is 36.6 Å². The number of anilines is 1. The molecule has 1 amide bonds. The third-order valence-electron chi connectivity index (χ3n) is 4.42. The maximum Gasteiger partial charge on any atom is 0.256 e. The fourth-order valence-electron chi connectivity index (χ4n) is 3.07. The zero-order chi connectivity index (χ0) is 17.2. The lowest BCUT2D eigenvalue weighted by Gasteiger charge is -2.43. The summed E-state index contributed by atoms with van der Waals surface area (Å²) in [7, 11) is 1.81. The zero-order valence-electron chi connectivity index (χ0n) is 13.8. The Labute approximate surface area is 147 Å². The summed E-state index contributed by atoms with van der Waals surface area (Å²) in [6.07, 6.45) is 0. The summed E-state index contributed by atoms with van der Waals surface area (Å²) in [6, 6.07) is 17.0. The maximum absolute atomic E-state index is 12.9. The average molecular weight is 345 g/mol. The van der Waals surface area contributed by atoms with Crippen LogP contribution in [0, 0.1) is 0 Å². The molecule has 2 atom stereocenters. The molecule has 0 spiro atoms. The molecule has 1 fully saturated rings. The Kier molecular flexibility index (Phi) is 4.78. The van der Waals surface area contributed by atoms with E-state index in [0.717, 1.165) is 11.3 Å². The molecular weight excluding hydrogens is 324 g/mol. The Hall–Kier alpha value is -2.04. The molecule has 2 aromatic carbocycles. The fraction of sp³-hybridized carbons (Fsp3) is 0.316. The van der Waals surface area contributed by atoms with Crippen LogP contribution in [0.3, 0.4) is 0 Å². The number of carbonyl (C=O) groups is 1. The predicted molar refractivity (Wildman–Crippen MR) is 96.3 cm³/mol. The van der Waals surface area contributed by atoms with Crippen LogP contribution in [0.4, 0.5) is 5.69 Å². The third kappa shape index (κ3) is 3.25. The second-order valence-corrected chi connectivity index (χ2v) is 6.62. The molecule has 0 aromatic heterocycles. The third-order valence-corrected chi connectivity index (χ3v) is 4.65. The van der Waals surface area contributed by atoms with Crippen molar-refractivity contribution in [3.63, 3.8) is 0 Å². The molecule has 0 radical (unpaired) electrons. The van der Waals surface area contributed by atoms with Gasteiger partial charge in [0.15, 0.2) is 5.60 Å². The first-order valence-electron chi connectivity index (χ1n) is 7.97. The largest absolute Gasteiger partial charge is 0.375 e. The number of morpholine rings is 1. The van der Waals surface area contributed by atoms with E-state index >= 15 is 0 Å². The van der Waals surface area contributed by atoms with Crippen molar-refractivity contribution < 1.29 is 9.53 Å². The molecule has 126 valence electrons. The minimum Gasteiger partial charge on any atom is -0.375 e. The van der Waals surface area contributed by atoms with Gasteiger partial charge in [0.1, 0.15) is 0 Å². The van der Waals surface area contributed by atoms with Crippen molar-refractivity contribution >= 4 is 23.2 Å². The van der Waals surface area contributed by atoms with Gasteiger partial charge in [-0.3, -0.25) is 4.79 Å². The van der Waals surface area contributed by atoms with Crippen LogP contribution < -0.4 is 5.32 Å². The number of carbonyl (C=O) groups excluding carboxylic acids is 1. The normalized spacial score (nSPS) is 22.3. The molecule has 5 heteroatoms. The first-order chi connectivity index (χ1) is 11.5. The molecule has 1 aliphatic heterocycles. The highest BCUT2D eigenvalue weighted by atomic mass is 35.5. The summed E-state index contributed by atoms with van der Waals surface area (Å²) in [5.41, 5.74) is 0.832. The van der Waals surface area contributed by atoms with E-state index < -0.39 is 5.60 Å². The number of nitrogens with zero attached hydrogens (tertiary/aromatic N) is 1. The van der Waals surface area contributed by atoms with E-state index in [2.05, 4.69) is 5.32 Å². The van der Waals surface area contributed by atoms with Crippen molar-refractivity contribution in [3.8, 4) is 0 Å². The summed E-state index contributed by atoms with van der Waals surface area (Å²) < 4.78 is 5.98. The van der Waals surface area contributed by atoms with Gasteiger partial charge in [-0.1, -0.05) is 41.9 Å². The summed E-state index contributed by atoms with van der Waals surface area (Å²) in [6.45, 7) is 2.95. The van der Waals surface area contributed by atoms with Gasteiger partial charge in [0.05, 0.1) is 12.6 Å². The van der Waals surface area contributed by atoms with Gasteiger partial charge in [0.25, 0.3) is 5.91 Å². The molecule has 1 saturated heterocycles. The number of hydrogen-bond donors (Lipinski definition) is 1. The number of nitrogens with one attached hydrogen (secondary N) is 1. The molecular formula is C19H21ClN2O2. The molecule has 1 heterocycles. The number of ether oxygens (including phenoxy) is 1. The van der Waals surface area contributed by atoms with Gasteiger partial charge in [-0.2, -0.15) is 0 Å². The molecule has 24 heavy (non-hydrogen) atoms. The standard InChI is InChI=1S/C19H21ClN2O2/c1-19(18(23)22(2)11-12-24-19)17(14-7-6-8-15(20)13-14)21-16-9-4-3-5-10-16/h3-10,13,17,21H,11-12H2,1-2H3/t17-,19+/m0/s1. The van der Waals surface area contributed by atoms with Gasteiger partial charge in [0.2, 0.25) is 0 Å². The molecule has 0 aliphatic carbocycles. The zero-order valence-corrected chi connectivity index (χ0v) is 14.6. The van der Waals surface area contributed by atoms with E-state index in [9.17, 15) is 4.79 Å². The number of amides is 1. The van der Waals surface area contributed by atoms with Crippen LogP contribution in [-0.2, 0) is 9.53 Å². The highest BCUT2D eigenvalue weighted by Crippen LogP contribution is 2.36. The van der Waals surface area contributed by atoms with Gasteiger partial charge in [-0.15, -0.1) is 0 Å². The summed E-state index contributed by atoms with van der Waals surface area (Å²) in [4.78, 5) is 14.6. The molecule has 0 bridgehead atoms. The lowest BCUT2D eigenvalue weighted by atomic mass is 9.87. The molecule has 3 rings (SSSR count). The number of para-hydroxylation sites is 1. The summed E-state index contributed by atoms with van der Waals surface area (Å²) in [5.74, 6) is -0.0397. The molecule has 2 aromatic rings. The van der Waals surface area contributed by atoms with Crippen molar-refractivity contribution in [1.82, 2.24) is 4.90 Å². The highest BCUT2D eigenvalue weighted by molar-refractivity contribution is 6.30. The number of hydrogen-bond acceptors (Lipinski definition) is 3. The van der Waals surface area contributed by atoms with Crippen LogP contribution in [0.5, 0.6) is 0 Å². The highest BCUT2D eigenvalue weighted by Gasteiger charge is 2.47. The summed E-state index contributed by atoms with van der Waals surface area (Å²) in [5, 5.41) is 4.08. The Morgan fingerprint density at radius 1 is 1.21 bits per heavy atom. The van der Waals surface area contributed by atoms with Gasteiger partial charge >= 0.3 is 0 Å². The average Bonchev–Trinajstić information content (AvgIpc) is 2.58. The number of likely N-dealkylation sites (N-methyl/N-ethyl adjacent to an activating group) is 1. The van der Waals surface area contributed by atoms with Crippen molar-refractivity contribution in [2.75, 3.05) is 25.5 Å². The minimum atomic E-state index is -1.01. The van der Waals surface area contributed by atoms with Crippen LogP contribution in [0.15, 0.2) is 54.6 Å². The van der Waals surface area contributed by atoms with E-state index in [4.69, 9.17) is 16.3 Å². The predicted octanol–water partition coefficient (Wildman–Crippen LogP) is 3.74. The topological polar surface area (TPSA) is 41.6 Å². The molecule has 0 unspecified atom stereocenters. The van der Waals surface area contributed by atoms with Crippen molar-refractivity contribution in [3.05, 3.63) is 65.2 Å². The maximum atomic E-state index is 12.9. The monoisotopic (exact) mass is 344 g/mol. The SMILES string of the molecule is CN1CCO[C@](C)([C@@H](Nc2ccccc2)c2cccc(Cl)c2)C1=O. The van der Waals surface area contributed by atoms with Gasteiger partial charge in [-0.25, -0.2) is 0 Å². The lowest BCUT2D eigenvalue weighted by Crippen LogP contribution is -2.58. The molecule has 1 aliphatic rings. The molecule has 0 saturated carbocycles. The van der Waals surface area contributed by atoms with Gasteiger partial charge < -0.3 is 15.0 Å². The first kappa shape index (κ1) is 16.8. The van der Waals surface area contributed by atoms with Crippen LogP contribution in [0.25, 0.3) is 0 Å². The second-order valence-electron chi connectivity index (χ2n) is 6.18. The molecule has 1 N–H and O–H groups in total. The van der Waals surface area contributed by atoms with E-state index in [-0.39, 0.29) is 11.9 Å².